The molecule has 0 aliphatic carbocycles. The van der Waals surface area contributed by atoms with Gasteiger partial charge in [-0.05, 0) is 55.5 Å². The van der Waals surface area contributed by atoms with Gasteiger partial charge >= 0.3 is 0 Å². The van der Waals surface area contributed by atoms with Crippen molar-refractivity contribution in [2.75, 3.05) is 40.0 Å². The largest absolute Gasteiger partial charge is 0.494 e. The molecule has 0 spiro atoms. The van der Waals surface area contributed by atoms with Gasteiger partial charge in [-0.3, -0.25) is 9.59 Å². The summed E-state index contributed by atoms with van der Waals surface area (Å²) < 4.78 is 10.8. The maximum Gasteiger partial charge on any atom is 0.242 e. The molecule has 0 radical (unpaired) electrons. The molecule has 7 heteroatoms. The van der Waals surface area contributed by atoms with Crippen LogP contribution in [0.1, 0.15) is 76.3 Å². The fourth-order valence-corrected chi connectivity index (χ4v) is 5.13. The van der Waals surface area contributed by atoms with Gasteiger partial charge in [0.25, 0.3) is 0 Å². The van der Waals surface area contributed by atoms with Crippen molar-refractivity contribution in [3.05, 3.63) is 65.9 Å². The highest BCUT2D eigenvalue weighted by Crippen LogP contribution is 2.20. The monoisotopic (exact) mass is 563 g/mol. The number of aromatic nitrogens is 1. The summed E-state index contributed by atoms with van der Waals surface area (Å²) in [6, 6.07) is 16.1. The summed E-state index contributed by atoms with van der Waals surface area (Å²) in [5.41, 5.74) is 3.31. The minimum Gasteiger partial charge on any atom is -0.494 e. The smallest absolute Gasteiger partial charge is 0.242 e. The number of H-pyrrole nitrogens is 1. The van der Waals surface area contributed by atoms with Crippen molar-refractivity contribution in [2.45, 2.75) is 78.2 Å². The fourth-order valence-electron chi connectivity index (χ4n) is 5.13. The van der Waals surface area contributed by atoms with Crippen molar-refractivity contribution in [2.24, 2.45) is 0 Å². The lowest BCUT2D eigenvalue weighted by Gasteiger charge is -2.28. The Morgan fingerprint density at radius 2 is 1.59 bits per heavy atom. The van der Waals surface area contributed by atoms with E-state index in [0.717, 1.165) is 42.5 Å². The van der Waals surface area contributed by atoms with Crippen molar-refractivity contribution in [1.29, 1.82) is 0 Å². The number of unbranched alkanes of at least 4 members (excludes halogenated alkanes) is 5. The van der Waals surface area contributed by atoms with Crippen molar-refractivity contribution >= 4 is 22.7 Å². The van der Waals surface area contributed by atoms with Crippen LogP contribution in [-0.2, 0) is 27.3 Å². The first-order valence-corrected chi connectivity index (χ1v) is 15.4. The molecule has 0 unspecified atom stereocenters. The molecule has 1 aromatic heterocycles. The summed E-state index contributed by atoms with van der Waals surface area (Å²) in [6.07, 6.45) is 10.7. The van der Waals surface area contributed by atoms with E-state index in [1.807, 2.05) is 54.4 Å². The Hall–Kier alpha value is -3.32. The number of hydrogen-bond acceptors (Lipinski definition) is 4. The average molecular weight is 564 g/mol. The standard InChI is InChI=1S/C34H49N3O4/c1-4-6-7-8-9-10-16-33(38)36(22-13-24-40-3)27-34(39)37(26-28-17-19-30(20-18-28)41-5-2)23-21-29-25-35-32-15-12-11-14-31(29)32/h11-12,14-15,17-20,25,35H,4-10,13,16,21-24,26-27H2,1-3H3. The number of benzene rings is 2. The van der Waals surface area contributed by atoms with Gasteiger partial charge in [0.2, 0.25) is 11.8 Å². The van der Waals surface area contributed by atoms with Crippen LogP contribution >= 0.6 is 0 Å². The molecule has 3 rings (SSSR count). The van der Waals surface area contributed by atoms with Crippen LogP contribution in [0.5, 0.6) is 5.75 Å². The van der Waals surface area contributed by atoms with Crippen LogP contribution in [-0.4, -0.2) is 66.6 Å². The molecule has 0 saturated carbocycles. The normalized spacial score (nSPS) is 11.1. The Morgan fingerprint density at radius 3 is 2.34 bits per heavy atom. The second kappa shape index (κ2) is 18.2. The Balaban J connectivity index is 1.70. The van der Waals surface area contributed by atoms with E-state index < -0.39 is 0 Å². The molecule has 1 heterocycles. The number of carbonyl (C=O) groups excluding carboxylic acids is 2. The van der Waals surface area contributed by atoms with Crippen LogP contribution < -0.4 is 4.74 Å². The Bertz CT molecular complexity index is 1170. The van der Waals surface area contributed by atoms with E-state index >= 15 is 0 Å². The number of amides is 2. The molecule has 7 nitrogen and oxygen atoms in total. The van der Waals surface area contributed by atoms with Crippen molar-refractivity contribution < 1.29 is 19.1 Å². The molecule has 1 N–H and O–H groups in total. The molecular formula is C34H49N3O4. The first-order chi connectivity index (χ1) is 20.0. The molecule has 0 saturated heterocycles. The predicted molar refractivity (Wildman–Crippen MR) is 166 cm³/mol. The second-order valence-electron chi connectivity index (χ2n) is 10.7. The lowest BCUT2D eigenvalue weighted by Crippen LogP contribution is -2.44. The van der Waals surface area contributed by atoms with E-state index in [1.165, 1.54) is 30.2 Å². The third kappa shape index (κ3) is 10.9. The van der Waals surface area contributed by atoms with Gasteiger partial charge in [0, 0.05) is 56.9 Å². The van der Waals surface area contributed by atoms with E-state index in [1.54, 1.807) is 12.0 Å². The number of aromatic amines is 1. The topological polar surface area (TPSA) is 74.9 Å². The first kappa shape index (κ1) is 32.2. The SMILES string of the molecule is CCCCCCCCC(=O)N(CCCOC)CC(=O)N(CCc1c[nH]c2ccccc12)Cc1ccc(OCC)cc1. The van der Waals surface area contributed by atoms with Crippen molar-refractivity contribution in [1.82, 2.24) is 14.8 Å². The fraction of sp³-hybridized carbons (Fsp3) is 0.529. The maximum absolute atomic E-state index is 13.8. The minimum absolute atomic E-state index is 0.0348. The summed E-state index contributed by atoms with van der Waals surface area (Å²) in [7, 11) is 1.66. The maximum atomic E-state index is 13.8. The molecule has 0 fully saturated rings. The number of rotatable bonds is 20. The first-order valence-electron chi connectivity index (χ1n) is 15.4. The van der Waals surface area contributed by atoms with Gasteiger partial charge in [-0.1, -0.05) is 69.4 Å². The zero-order valence-electron chi connectivity index (χ0n) is 25.3. The van der Waals surface area contributed by atoms with E-state index in [9.17, 15) is 9.59 Å². The third-order valence-electron chi connectivity index (χ3n) is 7.49. The molecule has 2 amide bonds. The van der Waals surface area contributed by atoms with E-state index in [2.05, 4.69) is 24.0 Å². The molecule has 0 bridgehead atoms. The number of hydrogen-bond donors (Lipinski definition) is 1. The van der Waals surface area contributed by atoms with Gasteiger partial charge in [-0.15, -0.1) is 0 Å². The van der Waals surface area contributed by atoms with Crippen LogP contribution in [0.15, 0.2) is 54.7 Å². The number of nitrogens with one attached hydrogen (secondary N) is 1. The van der Waals surface area contributed by atoms with E-state index in [-0.39, 0.29) is 18.4 Å². The summed E-state index contributed by atoms with van der Waals surface area (Å²) in [5, 5.41) is 1.18. The molecule has 41 heavy (non-hydrogen) atoms. The van der Waals surface area contributed by atoms with Gasteiger partial charge in [0.1, 0.15) is 5.75 Å². The minimum atomic E-state index is -0.0348. The predicted octanol–water partition coefficient (Wildman–Crippen LogP) is 6.75. The molecule has 0 atom stereocenters. The van der Waals surface area contributed by atoms with Crippen LogP contribution in [0.4, 0.5) is 0 Å². The molecular weight excluding hydrogens is 514 g/mol. The number of fused-ring (bicyclic) bond motifs is 1. The Kier molecular flexibility index (Phi) is 14.3. The van der Waals surface area contributed by atoms with E-state index in [0.29, 0.717) is 45.7 Å². The second-order valence-corrected chi connectivity index (χ2v) is 10.7. The van der Waals surface area contributed by atoms with Gasteiger partial charge in [-0.25, -0.2) is 0 Å². The van der Waals surface area contributed by atoms with Gasteiger partial charge in [0.05, 0.1) is 13.2 Å². The number of methoxy groups -OCH3 is 1. The van der Waals surface area contributed by atoms with Crippen LogP contribution in [0.2, 0.25) is 0 Å². The molecule has 2 aromatic carbocycles. The van der Waals surface area contributed by atoms with Crippen LogP contribution in [0.3, 0.4) is 0 Å². The number of nitrogens with zero attached hydrogens (tertiary/aromatic N) is 2. The average Bonchev–Trinajstić information content (AvgIpc) is 3.40. The van der Waals surface area contributed by atoms with Gasteiger partial charge < -0.3 is 24.3 Å². The molecule has 3 aromatic rings. The Morgan fingerprint density at radius 1 is 0.829 bits per heavy atom. The Labute approximate surface area is 246 Å². The van der Waals surface area contributed by atoms with Gasteiger partial charge in [0.15, 0.2) is 0 Å². The summed E-state index contributed by atoms with van der Waals surface area (Å²) >= 11 is 0. The number of carbonyl (C=O) groups is 2. The molecule has 0 aliphatic rings. The van der Waals surface area contributed by atoms with Crippen molar-refractivity contribution in [3.8, 4) is 5.75 Å². The van der Waals surface area contributed by atoms with Crippen LogP contribution in [0.25, 0.3) is 10.9 Å². The van der Waals surface area contributed by atoms with Crippen molar-refractivity contribution in [3.63, 3.8) is 0 Å². The third-order valence-corrected chi connectivity index (χ3v) is 7.49. The number of ether oxygens (including phenoxy) is 2. The zero-order valence-corrected chi connectivity index (χ0v) is 25.3. The quantitative estimate of drug-likeness (QED) is 0.154. The molecule has 224 valence electrons. The highest BCUT2D eigenvalue weighted by molar-refractivity contribution is 5.85. The van der Waals surface area contributed by atoms with Crippen LogP contribution in [0, 0.1) is 0 Å². The summed E-state index contributed by atoms with van der Waals surface area (Å²) in [5.74, 6) is 0.840. The lowest BCUT2D eigenvalue weighted by atomic mass is 10.1. The van der Waals surface area contributed by atoms with E-state index in [4.69, 9.17) is 9.47 Å². The number of para-hydroxylation sites is 1. The summed E-state index contributed by atoms with van der Waals surface area (Å²) in [4.78, 5) is 34.0. The lowest BCUT2D eigenvalue weighted by molar-refractivity contribution is -0.141. The van der Waals surface area contributed by atoms with Gasteiger partial charge in [-0.2, -0.15) is 0 Å². The highest BCUT2D eigenvalue weighted by Gasteiger charge is 2.22. The summed E-state index contributed by atoms with van der Waals surface area (Å²) in [6.45, 7) is 6.99. The highest BCUT2D eigenvalue weighted by atomic mass is 16.5. The zero-order chi connectivity index (χ0) is 29.3. The molecule has 0 aliphatic heterocycles.